The molecule has 2 aromatic heterocycles. The zero-order valence-corrected chi connectivity index (χ0v) is 19.5. The lowest BCUT2D eigenvalue weighted by Crippen LogP contribution is -2.45. The molecule has 1 unspecified atom stereocenters. The Labute approximate surface area is 199 Å². The molecule has 1 aromatic carbocycles. The van der Waals surface area contributed by atoms with Crippen molar-refractivity contribution in [3.05, 3.63) is 47.1 Å². The monoisotopic (exact) mass is 487 g/mol. The average molecular weight is 488 g/mol. The molecular weight excluding hydrogens is 464 g/mol. The van der Waals surface area contributed by atoms with Crippen LogP contribution >= 0.6 is 11.6 Å². The number of nitrogens with zero attached hydrogens (tertiary/aromatic N) is 3. The molecule has 33 heavy (non-hydrogen) atoms. The number of pyridine rings is 1. The van der Waals surface area contributed by atoms with E-state index < -0.39 is 11.1 Å². The van der Waals surface area contributed by atoms with Crippen molar-refractivity contribution in [1.82, 2.24) is 15.3 Å². The van der Waals surface area contributed by atoms with Gasteiger partial charge in [-0.1, -0.05) is 11.6 Å². The van der Waals surface area contributed by atoms with Crippen LogP contribution in [0, 0.1) is 5.41 Å². The number of aromatic nitrogens is 2. The molecule has 1 N–H and O–H groups in total. The Bertz CT molecular complexity index is 1200. The number of fused-ring (bicyclic) bond motifs is 1. The summed E-state index contributed by atoms with van der Waals surface area (Å²) in [4.78, 5) is 23.1. The van der Waals surface area contributed by atoms with Crippen LogP contribution in [0.4, 0.5) is 6.01 Å². The topological polar surface area (TPSA) is 111 Å². The molecule has 1 aliphatic carbocycles. The minimum atomic E-state index is -2.46. The van der Waals surface area contributed by atoms with E-state index in [9.17, 15) is 13.6 Å². The summed E-state index contributed by atoms with van der Waals surface area (Å²) in [5, 5.41) is 3.58. The number of oxazole rings is 1. The van der Waals surface area contributed by atoms with E-state index in [1.165, 1.54) is 18.3 Å². The second-order valence-electron chi connectivity index (χ2n) is 8.96. The lowest BCUT2D eigenvalue weighted by molar-refractivity contribution is 0.0865. The molecule has 0 bridgehead atoms. The fourth-order valence-corrected chi connectivity index (χ4v) is 5.52. The highest BCUT2D eigenvalue weighted by Crippen LogP contribution is 2.45. The lowest BCUT2D eigenvalue weighted by atomic mass is 9.67. The molecule has 2 aliphatic rings. The summed E-state index contributed by atoms with van der Waals surface area (Å²) in [6.07, 6.45) is 7.42. The number of carbonyl (C=O) groups is 1. The van der Waals surface area contributed by atoms with Crippen LogP contribution in [0.3, 0.4) is 0 Å². The molecule has 1 spiro atoms. The Kier molecular flexibility index (Phi) is 6.11. The van der Waals surface area contributed by atoms with E-state index in [0.717, 1.165) is 62.7 Å². The second-order valence-corrected chi connectivity index (χ2v) is 10.3. The first-order valence-electron chi connectivity index (χ1n) is 11.1. The first-order chi connectivity index (χ1) is 15.9. The van der Waals surface area contributed by atoms with E-state index in [1.807, 2.05) is 12.1 Å². The van der Waals surface area contributed by atoms with Crippen molar-refractivity contribution in [3.63, 3.8) is 0 Å². The van der Waals surface area contributed by atoms with Crippen molar-refractivity contribution in [1.29, 1.82) is 0 Å². The van der Waals surface area contributed by atoms with Gasteiger partial charge in [0.25, 0.3) is 11.9 Å². The third-order valence-corrected chi connectivity index (χ3v) is 7.78. The molecule has 3 aromatic rings. The number of rotatable bonds is 4. The molecule has 1 amide bonds. The summed E-state index contributed by atoms with van der Waals surface area (Å²) in [5.74, 6) is -0.254. The molecular formula is C23H24ClN4O4S-. The van der Waals surface area contributed by atoms with Gasteiger partial charge in [0, 0.05) is 35.9 Å². The molecule has 1 saturated heterocycles. The number of nitrogens with one attached hydrogen (secondary N) is 1. The van der Waals surface area contributed by atoms with E-state index in [0.29, 0.717) is 16.6 Å². The van der Waals surface area contributed by atoms with Crippen LogP contribution in [-0.4, -0.2) is 43.8 Å². The normalized spacial score (nSPS) is 19.6. The van der Waals surface area contributed by atoms with Crippen molar-refractivity contribution < 1.29 is 18.0 Å². The first-order valence-corrected chi connectivity index (χ1v) is 12.5. The number of benzene rings is 1. The van der Waals surface area contributed by atoms with Crippen molar-refractivity contribution in [2.75, 3.05) is 18.0 Å². The Morgan fingerprint density at radius 3 is 2.67 bits per heavy atom. The molecule has 1 aliphatic heterocycles. The van der Waals surface area contributed by atoms with Crippen molar-refractivity contribution in [3.8, 4) is 0 Å². The van der Waals surface area contributed by atoms with Crippen LogP contribution in [0.2, 0.25) is 5.02 Å². The van der Waals surface area contributed by atoms with E-state index in [2.05, 4.69) is 20.2 Å². The third kappa shape index (κ3) is 4.76. The fraction of sp³-hybridized carbons (Fsp3) is 0.435. The quantitative estimate of drug-likeness (QED) is 0.552. The predicted octanol–water partition coefficient (Wildman–Crippen LogP) is 4.07. The maximum atomic E-state index is 12.6. The van der Waals surface area contributed by atoms with Gasteiger partial charge in [-0.3, -0.25) is 9.00 Å². The SMILES string of the molecule is O=C(NC1CCC2(CC1)CCN(c1nc3cc(Cl)ccc3o1)CC2)c1ccnc(S(=O)[O-])c1. The van der Waals surface area contributed by atoms with Crippen molar-refractivity contribution >= 4 is 45.7 Å². The summed E-state index contributed by atoms with van der Waals surface area (Å²) < 4.78 is 28.1. The Morgan fingerprint density at radius 2 is 1.94 bits per heavy atom. The smallest absolute Gasteiger partial charge is 0.298 e. The van der Waals surface area contributed by atoms with Crippen LogP contribution in [0.1, 0.15) is 48.9 Å². The number of piperidine rings is 1. The third-order valence-electron chi connectivity index (χ3n) is 6.98. The summed E-state index contributed by atoms with van der Waals surface area (Å²) in [7, 11) is 0. The van der Waals surface area contributed by atoms with Crippen molar-refractivity contribution in [2.24, 2.45) is 5.41 Å². The molecule has 8 nitrogen and oxygen atoms in total. The van der Waals surface area contributed by atoms with Gasteiger partial charge in [-0.05, 0) is 85.4 Å². The maximum Gasteiger partial charge on any atom is 0.298 e. The predicted molar refractivity (Wildman–Crippen MR) is 124 cm³/mol. The zero-order valence-electron chi connectivity index (χ0n) is 18.0. The highest BCUT2D eigenvalue weighted by molar-refractivity contribution is 7.79. The minimum Gasteiger partial charge on any atom is -0.767 e. The van der Waals surface area contributed by atoms with Gasteiger partial charge in [0.05, 0.1) is 0 Å². The van der Waals surface area contributed by atoms with E-state index in [-0.39, 0.29) is 22.4 Å². The lowest BCUT2D eigenvalue weighted by Gasteiger charge is -2.45. The van der Waals surface area contributed by atoms with E-state index >= 15 is 0 Å². The first kappa shape index (κ1) is 22.3. The van der Waals surface area contributed by atoms with Gasteiger partial charge in [-0.2, -0.15) is 4.98 Å². The van der Waals surface area contributed by atoms with Crippen LogP contribution < -0.4 is 10.2 Å². The summed E-state index contributed by atoms with van der Waals surface area (Å²) in [5.41, 5.74) is 2.12. The molecule has 10 heteroatoms. The van der Waals surface area contributed by atoms with Crippen LogP contribution in [0.25, 0.3) is 11.1 Å². The van der Waals surface area contributed by atoms with Crippen LogP contribution in [-0.2, 0) is 11.1 Å². The van der Waals surface area contributed by atoms with Gasteiger partial charge in [-0.15, -0.1) is 0 Å². The van der Waals surface area contributed by atoms with Gasteiger partial charge in [-0.25, -0.2) is 4.98 Å². The Hall–Kier alpha value is -2.49. The van der Waals surface area contributed by atoms with E-state index in [4.69, 9.17) is 16.0 Å². The summed E-state index contributed by atoms with van der Waals surface area (Å²) >= 11 is 3.60. The average Bonchev–Trinajstić information content (AvgIpc) is 3.24. The van der Waals surface area contributed by atoms with Crippen molar-refractivity contribution in [2.45, 2.75) is 49.6 Å². The van der Waals surface area contributed by atoms with Crippen LogP contribution in [0.15, 0.2) is 46.0 Å². The Balaban J connectivity index is 1.15. The second kappa shape index (κ2) is 9.04. The Morgan fingerprint density at radius 1 is 1.18 bits per heavy atom. The molecule has 5 rings (SSSR count). The number of halogens is 1. The number of anilines is 1. The van der Waals surface area contributed by atoms with Gasteiger partial charge in [0.1, 0.15) is 10.5 Å². The molecule has 0 radical (unpaired) electrons. The number of hydrogen-bond donors (Lipinski definition) is 1. The molecule has 1 atom stereocenters. The standard InChI is InChI=1S/C23H25ClN4O4S/c24-16-1-2-19-18(14-16)27-22(32-19)28-11-8-23(9-12-28)6-3-17(4-7-23)26-21(29)15-5-10-25-20(13-15)33(30)31/h1-2,5,10,13-14,17H,3-4,6-9,11-12H2,(H,26,29)(H,30,31)/p-1. The molecule has 2 fully saturated rings. The zero-order chi connectivity index (χ0) is 23.0. The van der Waals surface area contributed by atoms with Gasteiger partial charge in [0.15, 0.2) is 5.58 Å². The number of amides is 1. The van der Waals surface area contributed by atoms with E-state index in [1.54, 1.807) is 6.07 Å². The molecule has 3 heterocycles. The van der Waals surface area contributed by atoms with Gasteiger partial charge >= 0.3 is 0 Å². The largest absolute Gasteiger partial charge is 0.767 e. The number of carbonyl (C=O) groups excluding carboxylic acids is 1. The van der Waals surface area contributed by atoms with Crippen LogP contribution in [0.5, 0.6) is 0 Å². The maximum absolute atomic E-state index is 12.6. The van der Waals surface area contributed by atoms with Gasteiger partial charge < -0.3 is 19.2 Å². The summed E-state index contributed by atoms with van der Waals surface area (Å²) in [6, 6.07) is 9.06. The fourth-order valence-electron chi connectivity index (χ4n) is 4.98. The van der Waals surface area contributed by atoms with Gasteiger partial charge in [0.2, 0.25) is 0 Å². The highest BCUT2D eigenvalue weighted by atomic mass is 35.5. The molecule has 1 saturated carbocycles. The summed E-state index contributed by atoms with van der Waals surface area (Å²) in [6.45, 7) is 1.79. The molecule has 174 valence electrons. The minimum absolute atomic E-state index is 0.0947. The highest BCUT2D eigenvalue weighted by Gasteiger charge is 2.39. The number of hydrogen-bond acceptors (Lipinski definition) is 7.